The molecule has 0 aliphatic rings. The van der Waals surface area contributed by atoms with Crippen LogP contribution >= 0.6 is 0 Å². The predicted octanol–water partition coefficient (Wildman–Crippen LogP) is 3.17. The van der Waals surface area contributed by atoms with Gasteiger partial charge >= 0.3 is 0 Å². The van der Waals surface area contributed by atoms with Crippen molar-refractivity contribution in [3.8, 4) is 6.07 Å². The zero-order valence-electron chi connectivity index (χ0n) is 13.1. The van der Waals surface area contributed by atoms with Gasteiger partial charge in [-0.15, -0.1) is 0 Å². The van der Waals surface area contributed by atoms with Crippen LogP contribution in [0.15, 0.2) is 0 Å². The molecule has 106 valence electrons. The maximum Gasteiger partial charge on any atom is 0.103 e. The zero-order chi connectivity index (χ0) is 14.2. The second kappa shape index (κ2) is 7.76. The third kappa shape index (κ3) is 5.84. The first-order valence-electron chi connectivity index (χ1n) is 7.19. The van der Waals surface area contributed by atoms with Gasteiger partial charge in [-0.25, -0.2) is 0 Å². The molecular formula is C15H31N3. The molecule has 0 aromatic heterocycles. The summed E-state index contributed by atoms with van der Waals surface area (Å²) < 4.78 is 0. The standard InChI is InChI=1S/C15H31N3/c1-7-14(3,4)18(6)12-10-9-11-15(5,13-16)17-8-2/h17H,7-12H2,1-6H3. The quantitative estimate of drug-likeness (QED) is 0.642. The van der Waals surface area contributed by atoms with Crippen molar-refractivity contribution in [3.63, 3.8) is 0 Å². The smallest absolute Gasteiger partial charge is 0.103 e. The Kier molecular flexibility index (Phi) is 7.51. The van der Waals surface area contributed by atoms with Crippen LogP contribution in [0.2, 0.25) is 0 Å². The molecule has 0 aromatic carbocycles. The third-order valence-electron chi connectivity index (χ3n) is 4.13. The van der Waals surface area contributed by atoms with Crippen LogP contribution in [0.5, 0.6) is 0 Å². The molecule has 1 unspecified atom stereocenters. The van der Waals surface area contributed by atoms with Gasteiger partial charge in [0.15, 0.2) is 0 Å². The van der Waals surface area contributed by atoms with Crippen LogP contribution in [0.25, 0.3) is 0 Å². The summed E-state index contributed by atoms with van der Waals surface area (Å²) in [6.07, 6.45) is 4.35. The van der Waals surface area contributed by atoms with Crippen molar-refractivity contribution in [2.45, 2.75) is 71.4 Å². The minimum absolute atomic E-state index is 0.278. The van der Waals surface area contributed by atoms with Gasteiger partial charge < -0.3 is 4.90 Å². The van der Waals surface area contributed by atoms with Gasteiger partial charge in [-0.3, -0.25) is 5.32 Å². The SMILES string of the molecule is CCNC(C)(C#N)CCCCN(C)C(C)(C)CC. The van der Waals surface area contributed by atoms with Gasteiger partial charge in [-0.05, 0) is 66.6 Å². The van der Waals surface area contributed by atoms with Gasteiger partial charge in [0.25, 0.3) is 0 Å². The highest BCUT2D eigenvalue weighted by Crippen LogP contribution is 2.18. The maximum absolute atomic E-state index is 9.17. The van der Waals surface area contributed by atoms with E-state index in [2.05, 4.69) is 44.1 Å². The van der Waals surface area contributed by atoms with Crippen molar-refractivity contribution < 1.29 is 0 Å². The number of nitrogens with one attached hydrogen (secondary N) is 1. The molecule has 3 heteroatoms. The summed E-state index contributed by atoms with van der Waals surface area (Å²) in [5.41, 5.74) is -0.0756. The van der Waals surface area contributed by atoms with Gasteiger partial charge in [-0.2, -0.15) is 5.26 Å². The number of nitriles is 1. The molecule has 0 aliphatic carbocycles. The molecule has 18 heavy (non-hydrogen) atoms. The molecule has 0 amide bonds. The van der Waals surface area contributed by atoms with Crippen molar-refractivity contribution >= 4 is 0 Å². The lowest BCUT2D eigenvalue weighted by atomic mass is 9.95. The molecule has 0 saturated carbocycles. The molecule has 0 heterocycles. The van der Waals surface area contributed by atoms with Crippen LogP contribution in [-0.4, -0.2) is 36.1 Å². The van der Waals surface area contributed by atoms with E-state index in [-0.39, 0.29) is 11.1 Å². The zero-order valence-corrected chi connectivity index (χ0v) is 13.1. The summed E-state index contributed by atoms with van der Waals surface area (Å²) in [4.78, 5) is 2.42. The molecule has 0 fully saturated rings. The lowest BCUT2D eigenvalue weighted by molar-refractivity contribution is 0.147. The topological polar surface area (TPSA) is 39.1 Å². The van der Waals surface area contributed by atoms with Gasteiger partial charge in [0.05, 0.1) is 6.07 Å². The Bertz CT molecular complexity index is 267. The van der Waals surface area contributed by atoms with Gasteiger partial charge in [0.1, 0.15) is 5.54 Å². The molecule has 1 atom stereocenters. The Hall–Kier alpha value is -0.590. The predicted molar refractivity (Wildman–Crippen MR) is 78.5 cm³/mol. The lowest BCUT2D eigenvalue weighted by Crippen LogP contribution is -2.42. The highest BCUT2D eigenvalue weighted by molar-refractivity contribution is 5.03. The first kappa shape index (κ1) is 17.4. The van der Waals surface area contributed by atoms with Crippen molar-refractivity contribution in [1.82, 2.24) is 10.2 Å². The Balaban J connectivity index is 3.97. The first-order valence-corrected chi connectivity index (χ1v) is 7.19. The number of unbranched alkanes of at least 4 members (excludes halogenated alkanes) is 1. The molecule has 0 rings (SSSR count). The van der Waals surface area contributed by atoms with Crippen LogP contribution in [0.3, 0.4) is 0 Å². The van der Waals surface area contributed by atoms with E-state index in [1.807, 2.05) is 13.8 Å². The fourth-order valence-corrected chi connectivity index (χ4v) is 1.97. The molecule has 3 nitrogen and oxygen atoms in total. The van der Waals surface area contributed by atoms with E-state index < -0.39 is 0 Å². The molecule has 0 aliphatic heterocycles. The lowest BCUT2D eigenvalue weighted by Gasteiger charge is -2.35. The Morgan fingerprint density at radius 3 is 2.22 bits per heavy atom. The van der Waals surface area contributed by atoms with Crippen molar-refractivity contribution in [2.24, 2.45) is 0 Å². The second-order valence-electron chi connectivity index (χ2n) is 6.02. The van der Waals surface area contributed by atoms with Crippen LogP contribution in [-0.2, 0) is 0 Å². The Morgan fingerprint density at radius 2 is 1.78 bits per heavy atom. The van der Waals surface area contributed by atoms with E-state index >= 15 is 0 Å². The maximum atomic E-state index is 9.17. The average molecular weight is 253 g/mol. The molecule has 0 radical (unpaired) electrons. The third-order valence-corrected chi connectivity index (χ3v) is 4.13. The van der Waals surface area contributed by atoms with E-state index in [4.69, 9.17) is 5.26 Å². The molecular weight excluding hydrogens is 222 g/mol. The van der Waals surface area contributed by atoms with Crippen LogP contribution in [0.4, 0.5) is 0 Å². The van der Waals surface area contributed by atoms with Gasteiger partial charge in [0, 0.05) is 5.54 Å². The Morgan fingerprint density at radius 1 is 1.17 bits per heavy atom. The van der Waals surface area contributed by atoms with Crippen molar-refractivity contribution in [3.05, 3.63) is 0 Å². The highest BCUT2D eigenvalue weighted by Gasteiger charge is 2.23. The molecule has 0 spiro atoms. The van der Waals surface area contributed by atoms with Gasteiger partial charge in [0.2, 0.25) is 0 Å². The van der Waals surface area contributed by atoms with Crippen LogP contribution < -0.4 is 5.32 Å². The molecule has 0 saturated heterocycles. The number of hydrogen-bond donors (Lipinski definition) is 1. The van der Waals surface area contributed by atoms with Gasteiger partial charge in [-0.1, -0.05) is 13.8 Å². The largest absolute Gasteiger partial charge is 0.301 e. The molecule has 0 bridgehead atoms. The molecule has 0 aromatic rings. The van der Waals surface area contributed by atoms with E-state index in [1.54, 1.807) is 0 Å². The van der Waals surface area contributed by atoms with E-state index in [1.165, 1.54) is 0 Å². The highest BCUT2D eigenvalue weighted by atomic mass is 15.2. The van der Waals surface area contributed by atoms with E-state index in [0.717, 1.165) is 38.8 Å². The summed E-state index contributed by atoms with van der Waals surface area (Å²) in [5.74, 6) is 0. The van der Waals surface area contributed by atoms with Crippen LogP contribution in [0.1, 0.15) is 60.3 Å². The summed E-state index contributed by atoms with van der Waals surface area (Å²) in [7, 11) is 2.19. The minimum atomic E-state index is -0.354. The number of nitrogens with zero attached hydrogens (tertiary/aromatic N) is 2. The van der Waals surface area contributed by atoms with E-state index in [9.17, 15) is 0 Å². The number of rotatable bonds is 9. The fourth-order valence-electron chi connectivity index (χ4n) is 1.97. The van der Waals surface area contributed by atoms with E-state index in [0.29, 0.717) is 0 Å². The first-order chi connectivity index (χ1) is 8.31. The van der Waals surface area contributed by atoms with Crippen LogP contribution in [0, 0.1) is 11.3 Å². The Labute approximate surface area is 114 Å². The summed E-state index contributed by atoms with van der Waals surface area (Å²) in [6.45, 7) is 12.8. The summed E-state index contributed by atoms with van der Waals surface area (Å²) in [5, 5.41) is 12.4. The van der Waals surface area contributed by atoms with Crippen molar-refractivity contribution in [2.75, 3.05) is 20.1 Å². The summed E-state index contributed by atoms with van der Waals surface area (Å²) >= 11 is 0. The fraction of sp³-hybridized carbons (Fsp3) is 0.933. The summed E-state index contributed by atoms with van der Waals surface area (Å²) in [6, 6.07) is 2.38. The monoisotopic (exact) mass is 253 g/mol. The second-order valence-corrected chi connectivity index (χ2v) is 6.02. The number of hydrogen-bond acceptors (Lipinski definition) is 3. The molecule has 1 N–H and O–H groups in total. The minimum Gasteiger partial charge on any atom is -0.301 e. The normalized spacial score (nSPS) is 15.4. The average Bonchev–Trinajstić information content (AvgIpc) is 2.34. The van der Waals surface area contributed by atoms with Crippen molar-refractivity contribution in [1.29, 1.82) is 5.26 Å².